The van der Waals surface area contributed by atoms with Crippen LogP contribution in [0.4, 0.5) is 4.39 Å². The van der Waals surface area contributed by atoms with Gasteiger partial charge in [-0.15, -0.1) is 0 Å². The normalized spacial score (nSPS) is 11.0. The molecular weight excluding hydrogens is 331 g/mol. The molecule has 0 saturated heterocycles. The van der Waals surface area contributed by atoms with Crippen molar-refractivity contribution < 1.29 is 24.2 Å². The van der Waals surface area contributed by atoms with Crippen molar-refractivity contribution in [2.24, 2.45) is 5.92 Å². The summed E-state index contributed by atoms with van der Waals surface area (Å²) in [5.41, 5.74) is -1.04. The van der Waals surface area contributed by atoms with E-state index in [1.54, 1.807) is 0 Å². The lowest BCUT2D eigenvalue weighted by atomic mass is 10.1. The maximum atomic E-state index is 13.6. The summed E-state index contributed by atoms with van der Waals surface area (Å²) in [6, 6.07) is 3.56. The highest BCUT2D eigenvalue weighted by Crippen LogP contribution is 2.27. The van der Waals surface area contributed by atoms with E-state index in [0.717, 1.165) is 12.1 Å². The first-order chi connectivity index (χ1) is 11.7. The van der Waals surface area contributed by atoms with Crippen molar-refractivity contribution in [3.05, 3.63) is 39.9 Å². The van der Waals surface area contributed by atoms with E-state index in [0.29, 0.717) is 11.9 Å². The fraction of sp³-hybridized carbons (Fsp3) is 0.353. The number of hydrogen-bond acceptors (Lipinski definition) is 4. The summed E-state index contributed by atoms with van der Waals surface area (Å²) in [5.74, 6) is -3.33. The van der Waals surface area contributed by atoms with Crippen LogP contribution in [0, 0.1) is 11.7 Å². The Balaban J connectivity index is 2.66. The van der Waals surface area contributed by atoms with Gasteiger partial charge in [-0.25, -0.2) is 4.39 Å². The number of fused-ring (bicyclic) bond motifs is 1. The van der Waals surface area contributed by atoms with E-state index >= 15 is 0 Å². The minimum atomic E-state index is -1.29. The molecule has 0 aliphatic heterocycles. The average Bonchev–Trinajstić information content (AvgIpc) is 2.53. The third kappa shape index (κ3) is 3.96. The number of rotatable bonds is 6. The largest absolute Gasteiger partial charge is 0.506 e. The van der Waals surface area contributed by atoms with Crippen LogP contribution < -0.4 is 10.9 Å². The van der Waals surface area contributed by atoms with Crippen LogP contribution in [0.5, 0.6) is 5.75 Å². The zero-order chi connectivity index (χ0) is 18.7. The maximum Gasteiger partial charge on any atom is 0.322 e. The van der Waals surface area contributed by atoms with Crippen molar-refractivity contribution in [3.63, 3.8) is 0 Å². The van der Waals surface area contributed by atoms with Gasteiger partial charge in [0.25, 0.3) is 11.5 Å². The molecule has 0 spiro atoms. The number of nitrogens with zero attached hydrogens (tertiary/aromatic N) is 1. The van der Waals surface area contributed by atoms with E-state index in [-0.39, 0.29) is 17.8 Å². The molecule has 0 radical (unpaired) electrons. The van der Waals surface area contributed by atoms with E-state index in [1.165, 1.54) is 10.6 Å². The van der Waals surface area contributed by atoms with Crippen molar-refractivity contribution >= 4 is 22.8 Å². The van der Waals surface area contributed by atoms with Crippen LogP contribution in [-0.4, -0.2) is 33.2 Å². The first-order valence-electron chi connectivity index (χ1n) is 7.77. The van der Waals surface area contributed by atoms with E-state index in [1.807, 2.05) is 19.2 Å². The number of carbonyl (C=O) groups excluding carboxylic acids is 1. The van der Waals surface area contributed by atoms with Gasteiger partial charge in [0.1, 0.15) is 23.7 Å². The molecule has 1 aromatic carbocycles. The topological polar surface area (TPSA) is 109 Å². The number of hydrogen-bond donors (Lipinski definition) is 3. The number of benzene rings is 1. The Bertz CT molecular complexity index is 889. The molecule has 3 N–H and O–H groups in total. The molecule has 0 aliphatic rings. The van der Waals surface area contributed by atoms with Gasteiger partial charge in [-0.2, -0.15) is 0 Å². The summed E-state index contributed by atoms with van der Waals surface area (Å²) in [4.78, 5) is 35.5. The number of amides is 1. The van der Waals surface area contributed by atoms with Crippen LogP contribution >= 0.6 is 0 Å². The average molecular weight is 350 g/mol. The SMILES string of the molecule is CC(C)CCn1c(=O)c(C(=O)NCC(=O)O)c(O)c2cc(F)ccc21. The number of aromatic hydroxyl groups is 1. The second kappa shape index (κ2) is 7.33. The molecule has 0 fully saturated rings. The highest BCUT2D eigenvalue weighted by molar-refractivity contribution is 6.03. The van der Waals surface area contributed by atoms with Gasteiger partial charge in [0, 0.05) is 11.9 Å². The van der Waals surface area contributed by atoms with Gasteiger partial charge >= 0.3 is 5.97 Å². The number of pyridine rings is 1. The molecule has 0 bridgehead atoms. The minimum Gasteiger partial charge on any atom is -0.506 e. The van der Waals surface area contributed by atoms with Crippen LogP contribution in [0.2, 0.25) is 0 Å². The predicted octanol–water partition coefficient (Wildman–Crippen LogP) is 1.71. The maximum absolute atomic E-state index is 13.6. The Kier molecular flexibility index (Phi) is 5.41. The standard InChI is InChI=1S/C17H19FN2O5/c1-9(2)5-6-20-12-4-3-10(18)7-11(12)15(23)14(17(20)25)16(24)19-8-13(21)22/h3-4,7,9,23H,5-6,8H2,1-2H3,(H,19,24)(H,21,22). The molecule has 1 amide bonds. The predicted molar refractivity (Wildman–Crippen MR) is 89.3 cm³/mol. The van der Waals surface area contributed by atoms with Crippen molar-refractivity contribution in [1.29, 1.82) is 0 Å². The van der Waals surface area contributed by atoms with Crippen LogP contribution in [0.3, 0.4) is 0 Å². The lowest BCUT2D eigenvalue weighted by molar-refractivity contribution is -0.135. The zero-order valence-corrected chi connectivity index (χ0v) is 13.9. The lowest BCUT2D eigenvalue weighted by Gasteiger charge is -2.15. The van der Waals surface area contributed by atoms with Gasteiger partial charge in [-0.3, -0.25) is 14.4 Å². The molecule has 134 valence electrons. The summed E-state index contributed by atoms with van der Waals surface area (Å²) >= 11 is 0. The van der Waals surface area contributed by atoms with Crippen LogP contribution in [0.1, 0.15) is 30.6 Å². The molecule has 1 heterocycles. The Morgan fingerprint density at radius 1 is 1.32 bits per heavy atom. The lowest BCUT2D eigenvalue weighted by Crippen LogP contribution is -2.36. The highest BCUT2D eigenvalue weighted by atomic mass is 19.1. The molecule has 7 nitrogen and oxygen atoms in total. The van der Waals surface area contributed by atoms with Crippen molar-refractivity contribution in [1.82, 2.24) is 9.88 Å². The number of aromatic nitrogens is 1. The number of aliphatic carboxylic acids is 1. The van der Waals surface area contributed by atoms with Crippen molar-refractivity contribution in [3.8, 4) is 5.75 Å². The second-order valence-electron chi connectivity index (χ2n) is 6.10. The van der Waals surface area contributed by atoms with E-state index in [9.17, 15) is 23.9 Å². The summed E-state index contributed by atoms with van der Waals surface area (Å²) in [5, 5.41) is 21.0. The third-order valence-electron chi connectivity index (χ3n) is 3.76. The van der Waals surface area contributed by atoms with E-state index < -0.39 is 41.1 Å². The minimum absolute atomic E-state index is 0.0174. The molecule has 0 unspecified atom stereocenters. The molecule has 2 aromatic rings. The first kappa shape index (κ1) is 18.4. The highest BCUT2D eigenvalue weighted by Gasteiger charge is 2.23. The second-order valence-corrected chi connectivity index (χ2v) is 6.10. The van der Waals surface area contributed by atoms with E-state index in [2.05, 4.69) is 0 Å². The Labute approximate surface area is 142 Å². The van der Waals surface area contributed by atoms with Crippen molar-refractivity contribution in [2.75, 3.05) is 6.54 Å². The summed E-state index contributed by atoms with van der Waals surface area (Å²) in [6.07, 6.45) is 0.632. The molecule has 25 heavy (non-hydrogen) atoms. The number of nitrogens with one attached hydrogen (secondary N) is 1. The van der Waals surface area contributed by atoms with Crippen LogP contribution in [0.15, 0.2) is 23.0 Å². The number of carboxylic acid groups (broad SMARTS) is 1. The Morgan fingerprint density at radius 3 is 2.60 bits per heavy atom. The molecular formula is C17H19FN2O5. The first-order valence-corrected chi connectivity index (χ1v) is 7.77. The monoisotopic (exact) mass is 350 g/mol. The van der Waals surface area contributed by atoms with Gasteiger partial charge < -0.3 is 20.1 Å². The molecule has 0 saturated carbocycles. The van der Waals surface area contributed by atoms with Gasteiger partial charge in [0.15, 0.2) is 0 Å². The summed E-state index contributed by atoms with van der Waals surface area (Å²) in [6.45, 7) is 3.50. The number of carboxylic acids is 1. The molecule has 8 heteroatoms. The van der Waals surface area contributed by atoms with Gasteiger partial charge in [0.2, 0.25) is 0 Å². The molecule has 2 rings (SSSR count). The van der Waals surface area contributed by atoms with E-state index in [4.69, 9.17) is 5.11 Å². The Morgan fingerprint density at radius 2 is 2.00 bits per heavy atom. The molecule has 1 aromatic heterocycles. The van der Waals surface area contributed by atoms with Gasteiger partial charge in [0.05, 0.1) is 5.52 Å². The van der Waals surface area contributed by atoms with Gasteiger partial charge in [-0.05, 0) is 30.5 Å². The quantitative estimate of drug-likeness (QED) is 0.735. The van der Waals surface area contributed by atoms with Crippen molar-refractivity contribution in [2.45, 2.75) is 26.8 Å². The summed E-state index contributed by atoms with van der Waals surface area (Å²) in [7, 11) is 0. The number of carbonyl (C=O) groups is 2. The van der Waals surface area contributed by atoms with Crippen LogP contribution in [0.25, 0.3) is 10.9 Å². The Hall–Kier alpha value is -2.90. The summed E-state index contributed by atoms with van der Waals surface area (Å²) < 4.78 is 14.9. The third-order valence-corrected chi connectivity index (χ3v) is 3.76. The fourth-order valence-electron chi connectivity index (χ4n) is 2.47. The fourth-order valence-corrected chi connectivity index (χ4v) is 2.47. The molecule has 0 atom stereocenters. The van der Waals surface area contributed by atoms with Crippen LogP contribution in [-0.2, 0) is 11.3 Å². The smallest absolute Gasteiger partial charge is 0.322 e. The molecule has 0 aliphatic carbocycles. The number of aryl methyl sites for hydroxylation is 1. The zero-order valence-electron chi connectivity index (χ0n) is 13.9. The number of halogens is 1. The van der Waals surface area contributed by atoms with Gasteiger partial charge in [-0.1, -0.05) is 13.8 Å².